The third-order valence-electron chi connectivity index (χ3n) is 3.38. The summed E-state index contributed by atoms with van der Waals surface area (Å²) >= 11 is 0. The van der Waals surface area contributed by atoms with Crippen molar-refractivity contribution >= 4 is 11.9 Å². The molecular formula is C17H14O5. The SMILES string of the molecule is COc1ccc(/C=C2\Oc3cc(O)ccc3C2=O)c(OC)c1. The lowest BCUT2D eigenvalue weighted by atomic mass is 10.1. The number of carbonyl (C=O) groups is 1. The third-order valence-corrected chi connectivity index (χ3v) is 3.38. The van der Waals surface area contributed by atoms with Crippen LogP contribution >= 0.6 is 0 Å². The number of carbonyl (C=O) groups excluding carboxylic acids is 1. The Morgan fingerprint density at radius 1 is 1.09 bits per heavy atom. The van der Waals surface area contributed by atoms with E-state index in [9.17, 15) is 9.90 Å². The number of Topliss-reactive ketones (excluding diaryl/α,β-unsaturated/α-hetero) is 1. The van der Waals surface area contributed by atoms with E-state index in [4.69, 9.17) is 14.2 Å². The minimum atomic E-state index is -0.229. The molecule has 1 heterocycles. The number of hydrogen-bond acceptors (Lipinski definition) is 5. The van der Waals surface area contributed by atoms with Crippen molar-refractivity contribution in [3.8, 4) is 23.0 Å². The largest absolute Gasteiger partial charge is 0.508 e. The van der Waals surface area contributed by atoms with Crippen LogP contribution in [0.2, 0.25) is 0 Å². The van der Waals surface area contributed by atoms with Crippen molar-refractivity contribution in [3.05, 3.63) is 53.3 Å². The smallest absolute Gasteiger partial charge is 0.231 e. The fourth-order valence-electron chi connectivity index (χ4n) is 2.25. The van der Waals surface area contributed by atoms with Gasteiger partial charge in [0.15, 0.2) is 5.76 Å². The van der Waals surface area contributed by atoms with Gasteiger partial charge in [0.05, 0.1) is 19.8 Å². The molecule has 0 aromatic heterocycles. The number of ketones is 1. The molecule has 112 valence electrons. The van der Waals surface area contributed by atoms with Gasteiger partial charge in [0.2, 0.25) is 5.78 Å². The third kappa shape index (κ3) is 2.37. The minimum Gasteiger partial charge on any atom is -0.508 e. The lowest BCUT2D eigenvalue weighted by Gasteiger charge is -2.08. The summed E-state index contributed by atoms with van der Waals surface area (Å²) in [5.74, 6) is 1.59. The number of phenols is 1. The molecule has 1 N–H and O–H groups in total. The summed E-state index contributed by atoms with van der Waals surface area (Å²) < 4.78 is 16.0. The second kappa shape index (κ2) is 5.44. The molecule has 2 aromatic rings. The maximum atomic E-state index is 12.3. The molecule has 0 fully saturated rings. The van der Waals surface area contributed by atoms with Crippen LogP contribution in [0.1, 0.15) is 15.9 Å². The van der Waals surface area contributed by atoms with Crippen LogP contribution in [0.15, 0.2) is 42.2 Å². The normalized spacial score (nSPS) is 14.6. The van der Waals surface area contributed by atoms with Gasteiger partial charge in [0.1, 0.15) is 23.0 Å². The number of rotatable bonds is 3. The monoisotopic (exact) mass is 298 g/mol. The van der Waals surface area contributed by atoms with Crippen molar-refractivity contribution in [2.45, 2.75) is 0 Å². The highest BCUT2D eigenvalue weighted by molar-refractivity contribution is 6.14. The van der Waals surface area contributed by atoms with Crippen LogP contribution in [0.25, 0.3) is 6.08 Å². The Bertz CT molecular complexity index is 777. The van der Waals surface area contributed by atoms with Crippen LogP contribution in [0, 0.1) is 0 Å². The Kier molecular flexibility index (Phi) is 3.47. The summed E-state index contributed by atoms with van der Waals surface area (Å²) in [7, 11) is 3.11. The molecule has 3 rings (SSSR count). The molecule has 0 aliphatic carbocycles. The van der Waals surface area contributed by atoms with Crippen LogP contribution in [0.5, 0.6) is 23.0 Å². The van der Waals surface area contributed by atoms with E-state index < -0.39 is 0 Å². The van der Waals surface area contributed by atoms with Gasteiger partial charge in [-0.1, -0.05) is 0 Å². The molecule has 0 bridgehead atoms. The molecule has 0 saturated heterocycles. The molecule has 1 aliphatic heterocycles. The van der Waals surface area contributed by atoms with E-state index in [1.807, 2.05) is 0 Å². The maximum Gasteiger partial charge on any atom is 0.231 e. The van der Waals surface area contributed by atoms with Crippen LogP contribution in [-0.4, -0.2) is 25.1 Å². The predicted molar refractivity (Wildman–Crippen MR) is 80.6 cm³/mol. The number of phenolic OH excluding ortho intramolecular Hbond substituents is 1. The fourth-order valence-corrected chi connectivity index (χ4v) is 2.25. The molecular weight excluding hydrogens is 284 g/mol. The average molecular weight is 298 g/mol. The van der Waals surface area contributed by atoms with Crippen molar-refractivity contribution in [2.24, 2.45) is 0 Å². The molecule has 2 aromatic carbocycles. The van der Waals surface area contributed by atoms with Crippen LogP contribution in [-0.2, 0) is 0 Å². The number of aromatic hydroxyl groups is 1. The molecule has 5 nitrogen and oxygen atoms in total. The quantitative estimate of drug-likeness (QED) is 0.882. The first-order valence-electron chi connectivity index (χ1n) is 6.61. The summed E-state index contributed by atoms with van der Waals surface area (Å²) in [6.07, 6.45) is 1.61. The molecule has 0 saturated carbocycles. The number of allylic oxidation sites excluding steroid dienone is 1. The number of methoxy groups -OCH3 is 2. The van der Waals surface area contributed by atoms with Crippen molar-refractivity contribution in [1.82, 2.24) is 0 Å². The average Bonchev–Trinajstić information content (AvgIpc) is 2.83. The summed E-state index contributed by atoms with van der Waals surface area (Å²) in [6.45, 7) is 0. The molecule has 0 spiro atoms. The lowest BCUT2D eigenvalue weighted by Crippen LogP contribution is -1.99. The zero-order valence-electron chi connectivity index (χ0n) is 12.1. The highest BCUT2D eigenvalue weighted by Gasteiger charge is 2.27. The first kappa shape index (κ1) is 14.0. The van der Waals surface area contributed by atoms with Gasteiger partial charge in [-0.3, -0.25) is 4.79 Å². The van der Waals surface area contributed by atoms with Gasteiger partial charge in [-0.25, -0.2) is 0 Å². The van der Waals surface area contributed by atoms with Gasteiger partial charge < -0.3 is 19.3 Å². The lowest BCUT2D eigenvalue weighted by molar-refractivity contribution is 0.101. The fraction of sp³-hybridized carbons (Fsp3) is 0.118. The van der Waals surface area contributed by atoms with Gasteiger partial charge in [-0.2, -0.15) is 0 Å². The summed E-state index contributed by atoms with van der Waals surface area (Å²) in [4.78, 5) is 12.3. The van der Waals surface area contributed by atoms with E-state index in [0.717, 1.165) is 0 Å². The van der Waals surface area contributed by atoms with Crippen molar-refractivity contribution < 1.29 is 24.1 Å². The highest BCUT2D eigenvalue weighted by atomic mass is 16.5. The second-order valence-corrected chi connectivity index (χ2v) is 4.73. The van der Waals surface area contributed by atoms with E-state index in [1.165, 1.54) is 12.1 Å². The Balaban J connectivity index is 1.99. The molecule has 5 heteroatoms. The molecule has 0 amide bonds. The molecule has 0 unspecified atom stereocenters. The first-order valence-corrected chi connectivity index (χ1v) is 6.61. The standard InChI is InChI=1S/C17H14O5/c1-20-12-5-3-10(14(9-12)21-2)7-16-17(19)13-6-4-11(18)8-15(13)22-16/h3-9,18H,1-2H3/b16-7-. The van der Waals surface area contributed by atoms with Gasteiger partial charge in [0, 0.05) is 17.7 Å². The molecule has 0 radical (unpaired) electrons. The molecule has 22 heavy (non-hydrogen) atoms. The topological polar surface area (TPSA) is 65.0 Å². The Hall–Kier alpha value is -2.95. The molecule has 1 aliphatic rings. The summed E-state index contributed by atoms with van der Waals surface area (Å²) in [5, 5.41) is 9.45. The van der Waals surface area contributed by atoms with Gasteiger partial charge in [-0.05, 0) is 30.3 Å². The van der Waals surface area contributed by atoms with E-state index in [1.54, 1.807) is 44.6 Å². The minimum absolute atomic E-state index is 0.0508. The Morgan fingerprint density at radius 3 is 2.64 bits per heavy atom. The zero-order chi connectivity index (χ0) is 15.7. The number of ether oxygens (including phenoxy) is 3. The molecule has 0 atom stereocenters. The van der Waals surface area contributed by atoms with E-state index in [0.29, 0.717) is 28.4 Å². The second-order valence-electron chi connectivity index (χ2n) is 4.73. The summed E-state index contributed by atoms with van der Waals surface area (Å²) in [6, 6.07) is 9.69. The van der Waals surface area contributed by atoms with Gasteiger partial charge in [0.25, 0.3) is 0 Å². The van der Waals surface area contributed by atoms with Crippen molar-refractivity contribution in [2.75, 3.05) is 14.2 Å². The summed E-state index contributed by atoms with van der Waals surface area (Å²) in [5.41, 5.74) is 1.13. The van der Waals surface area contributed by atoms with Crippen molar-refractivity contribution in [3.63, 3.8) is 0 Å². The van der Waals surface area contributed by atoms with Crippen molar-refractivity contribution in [1.29, 1.82) is 0 Å². The number of hydrogen-bond donors (Lipinski definition) is 1. The van der Waals surface area contributed by atoms with Crippen LogP contribution in [0.4, 0.5) is 0 Å². The van der Waals surface area contributed by atoms with Crippen LogP contribution in [0.3, 0.4) is 0 Å². The zero-order valence-corrected chi connectivity index (χ0v) is 12.1. The van der Waals surface area contributed by atoms with Gasteiger partial charge >= 0.3 is 0 Å². The highest BCUT2D eigenvalue weighted by Crippen LogP contribution is 2.35. The Morgan fingerprint density at radius 2 is 1.91 bits per heavy atom. The van der Waals surface area contributed by atoms with E-state index in [2.05, 4.69) is 0 Å². The first-order chi connectivity index (χ1) is 10.6. The van der Waals surface area contributed by atoms with Gasteiger partial charge in [-0.15, -0.1) is 0 Å². The predicted octanol–water partition coefficient (Wildman–Crippen LogP) is 3.03. The van der Waals surface area contributed by atoms with Crippen LogP contribution < -0.4 is 14.2 Å². The maximum absolute atomic E-state index is 12.3. The number of fused-ring (bicyclic) bond motifs is 1. The van der Waals surface area contributed by atoms with E-state index in [-0.39, 0.29) is 17.3 Å². The number of benzene rings is 2. The Labute approximate surface area is 127 Å². The van der Waals surface area contributed by atoms with E-state index >= 15 is 0 Å².